The third-order valence-electron chi connectivity index (χ3n) is 12.4. The van der Waals surface area contributed by atoms with Crippen LogP contribution in [0.1, 0.15) is 142 Å². The Balaban J connectivity index is 0.000000276. The Morgan fingerprint density at radius 1 is 0.614 bits per heavy atom. The van der Waals surface area contributed by atoms with Gasteiger partial charge in [-0.05, 0) is 117 Å². The van der Waals surface area contributed by atoms with Gasteiger partial charge >= 0.3 is 0 Å². The lowest BCUT2D eigenvalue weighted by Crippen LogP contribution is -2.27. The molecule has 0 aromatic heterocycles. The van der Waals surface area contributed by atoms with Crippen LogP contribution in [0.25, 0.3) is 0 Å². The maximum Gasteiger partial charge on any atom is 0.253 e. The Morgan fingerprint density at radius 2 is 1.14 bits per heavy atom. The molecule has 0 aliphatic heterocycles. The van der Waals surface area contributed by atoms with Crippen molar-refractivity contribution in [3.63, 3.8) is 0 Å². The van der Waals surface area contributed by atoms with Crippen LogP contribution >= 0.6 is 0 Å². The fourth-order valence-electron chi connectivity index (χ4n) is 8.11. The quantitative estimate of drug-likeness (QED) is 0.185. The van der Waals surface area contributed by atoms with Gasteiger partial charge in [0, 0.05) is 17.8 Å². The molecule has 0 N–H and O–H groups in total. The lowest BCUT2D eigenvalue weighted by atomic mass is 9.98. The SMILES string of the molecule is CC1=C(F)C(C)C(C)C1.CC1=CC(C)C(C)C1.CC1CC(C)C(C)C1.CC1CC(C)C(F)(F)C1C.CC1CC(C)C(F)C1C. The van der Waals surface area contributed by atoms with Crippen LogP contribution in [-0.4, -0.2) is 12.1 Å². The van der Waals surface area contributed by atoms with E-state index in [-0.39, 0.29) is 17.7 Å². The molecule has 5 aliphatic rings. The second-order valence-corrected chi connectivity index (χ2v) is 16.8. The minimum Gasteiger partial charge on any atom is -0.247 e. The van der Waals surface area contributed by atoms with Crippen molar-refractivity contribution in [3.05, 3.63) is 23.0 Å². The van der Waals surface area contributed by atoms with Gasteiger partial charge in [-0.1, -0.05) is 102 Å². The second kappa shape index (κ2) is 17.9. The summed E-state index contributed by atoms with van der Waals surface area (Å²) >= 11 is 0. The Hall–Kier alpha value is -0.800. The van der Waals surface area contributed by atoms with Gasteiger partial charge < -0.3 is 0 Å². The summed E-state index contributed by atoms with van der Waals surface area (Å²) in [6.07, 6.45) is 8.78. The van der Waals surface area contributed by atoms with Crippen LogP contribution in [0.4, 0.5) is 17.6 Å². The molecule has 3 saturated carbocycles. The largest absolute Gasteiger partial charge is 0.253 e. The molecule has 4 heteroatoms. The first kappa shape index (κ1) is 41.2. The van der Waals surface area contributed by atoms with Crippen molar-refractivity contribution in [2.75, 3.05) is 0 Å². The Labute approximate surface area is 271 Å². The summed E-state index contributed by atoms with van der Waals surface area (Å²) < 4.78 is 51.8. The van der Waals surface area contributed by atoms with E-state index in [1.165, 1.54) is 19.3 Å². The summed E-state index contributed by atoms with van der Waals surface area (Å²) in [4.78, 5) is 0. The number of hydrogen-bond acceptors (Lipinski definition) is 0. The average molecular weight is 629 g/mol. The molecule has 0 nitrogen and oxygen atoms in total. The molecule has 13 unspecified atom stereocenters. The summed E-state index contributed by atoms with van der Waals surface area (Å²) in [5, 5.41) is 0. The lowest BCUT2D eigenvalue weighted by molar-refractivity contribution is -0.0692. The highest BCUT2D eigenvalue weighted by Gasteiger charge is 2.50. The molecule has 44 heavy (non-hydrogen) atoms. The first-order valence-electron chi connectivity index (χ1n) is 18.2. The number of alkyl halides is 3. The van der Waals surface area contributed by atoms with Crippen LogP contribution in [0, 0.1) is 76.9 Å². The fourth-order valence-corrected chi connectivity index (χ4v) is 8.11. The van der Waals surface area contributed by atoms with Crippen molar-refractivity contribution in [1.82, 2.24) is 0 Å². The van der Waals surface area contributed by atoms with Gasteiger partial charge in [0.05, 0.1) is 0 Å². The van der Waals surface area contributed by atoms with Crippen LogP contribution in [0.15, 0.2) is 23.0 Å². The average Bonchev–Trinajstić information content (AvgIpc) is 3.59. The van der Waals surface area contributed by atoms with Gasteiger partial charge in [0.25, 0.3) is 5.92 Å². The van der Waals surface area contributed by atoms with Gasteiger partial charge in [0.2, 0.25) is 0 Å². The van der Waals surface area contributed by atoms with Gasteiger partial charge in [-0.25, -0.2) is 17.6 Å². The summed E-state index contributed by atoms with van der Waals surface area (Å²) in [7, 11) is 0. The minimum atomic E-state index is -2.42. The van der Waals surface area contributed by atoms with E-state index in [0.29, 0.717) is 30.1 Å². The van der Waals surface area contributed by atoms with Crippen molar-refractivity contribution < 1.29 is 17.6 Å². The van der Waals surface area contributed by atoms with Gasteiger partial charge in [-0.2, -0.15) is 0 Å². The molecule has 3 fully saturated rings. The van der Waals surface area contributed by atoms with Crippen LogP contribution in [0.3, 0.4) is 0 Å². The molecule has 13 atom stereocenters. The van der Waals surface area contributed by atoms with Crippen molar-refractivity contribution >= 4 is 0 Å². The summed E-state index contributed by atoms with van der Waals surface area (Å²) in [6, 6.07) is 0. The van der Waals surface area contributed by atoms with Crippen molar-refractivity contribution in [2.45, 2.75) is 154 Å². The molecule has 5 aliphatic carbocycles. The maximum absolute atomic E-state index is 13.0. The molecular formula is C40H72F4. The fraction of sp³-hybridized carbons (Fsp3) is 0.900. The van der Waals surface area contributed by atoms with E-state index in [1.807, 2.05) is 34.6 Å². The second-order valence-electron chi connectivity index (χ2n) is 16.8. The summed E-state index contributed by atoms with van der Waals surface area (Å²) in [6.45, 7) is 31.2. The van der Waals surface area contributed by atoms with Crippen LogP contribution in [0.5, 0.6) is 0 Å². The van der Waals surface area contributed by atoms with Gasteiger partial charge in [0.1, 0.15) is 12.0 Å². The molecule has 0 bridgehead atoms. The number of halogens is 4. The standard InChI is InChI=1S/C8H14F2.C8H15F.C8H13F.C8H16.C8H14/c1-5-4-6(2)8(9,10)7(5)3;2*1-5-4-6(2)8(9)7(5)3;2*1-6-4-7(2)8(3)5-6/h5-7H,4H2,1-3H3;5-8H,4H2,1-3H3;5,7H,4H2,1-3H3;6-8H,4-5H2,1-3H3;4,7-8H,5H2,1-3H3. The molecule has 0 radical (unpaired) electrons. The normalized spacial score (nSPS) is 43.9. The molecular weight excluding hydrogens is 556 g/mol. The molecule has 5 rings (SSSR count). The van der Waals surface area contributed by atoms with E-state index in [0.717, 1.165) is 48.0 Å². The van der Waals surface area contributed by atoms with Crippen molar-refractivity contribution in [1.29, 1.82) is 0 Å². The monoisotopic (exact) mass is 629 g/mol. The van der Waals surface area contributed by atoms with E-state index in [2.05, 4.69) is 61.5 Å². The zero-order valence-corrected chi connectivity index (χ0v) is 31.4. The molecule has 260 valence electrons. The first-order valence-corrected chi connectivity index (χ1v) is 18.2. The highest BCUT2D eigenvalue weighted by atomic mass is 19.3. The Kier molecular flexibility index (Phi) is 16.8. The number of allylic oxidation sites excluding steroid dienone is 4. The summed E-state index contributed by atoms with van der Waals surface area (Å²) in [5.41, 5.74) is 2.53. The molecule has 0 aromatic rings. The van der Waals surface area contributed by atoms with Crippen LogP contribution in [0.2, 0.25) is 0 Å². The molecule has 0 heterocycles. The van der Waals surface area contributed by atoms with E-state index >= 15 is 0 Å². The molecule has 0 spiro atoms. The van der Waals surface area contributed by atoms with Gasteiger partial charge in [-0.3, -0.25) is 0 Å². The predicted octanol–water partition coefficient (Wildman–Crippen LogP) is 13.8. The summed E-state index contributed by atoms with van der Waals surface area (Å²) in [5.74, 6) is 3.63. The smallest absolute Gasteiger partial charge is 0.247 e. The van der Waals surface area contributed by atoms with Crippen molar-refractivity contribution in [3.8, 4) is 0 Å². The number of rotatable bonds is 0. The zero-order valence-electron chi connectivity index (χ0n) is 31.4. The van der Waals surface area contributed by atoms with E-state index in [1.54, 1.807) is 19.4 Å². The third-order valence-corrected chi connectivity index (χ3v) is 12.4. The topological polar surface area (TPSA) is 0 Å². The molecule has 0 amide bonds. The van der Waals surface area contributed by atoms with E-state index in [9.17, 15) is 17.6 Å². The van der Waals surface area contributed by atoms with Gasteiger partial charge in [-0.15, -0.1) is 0 Å². The molecule has 0 aromatic carbocycles. The first-order chi connectivity index (χ1) is 20.1. The third kappa shape index (κ3) is 11.8. The highest BCUT2D eigenvalue weighted by Crippen LogP contribution is 2.47. The lowest BCUT2D eigenvalue weighted by Gasteiger charge is -2.19. The highest BCUT2D eigenvalue weighted by molar-refractivity contribution is 5.15. The maximum atomic E-state index is 13.0. The van der Waals surface area contributed by atoms with E-state index < -0.39 is 23.9 Å². The Morgan fingerprint density at radius 3 is 1.25 bits per heavy atom. The number of hydrogen-bond donors (Lipinski definition) is 0. The Bertz CT molecular complexity index is 883. The zero-order chi connectivity index (χ0) is 34.3. The predicted molar refractivity (Wildman–Crippen MR) is 184 cm³/mol. The van der Waals surface area contributed by atoms with Gasteiger partial charge in [0.15, 0.2) is 0 Å². The molecule has 0 saturated heterocycles. The van der Waals surface area contributed by atoms with Crippen molar-refractivity contribution in [2.24, 2.45) is 76.9 Å². The van der Waals surface area contributed by atoms with Crippen LogP contribution in [-0.2, 0) is 0 Å². The van der Waals surface area contributed by atoms with E-state index in [4.69, 9.17) is 0 Å². The van der Waals surface area contributed by atoms with Crippen LogP contribution < -0.4 is 0 Å². The minimum absolute atomic E-state index is 0.127.